The van der Waals surface area contributed by atoms with Gasteiger partial charge < -0.3 is 10.5 Å². The predicted molar refractivity (Wildman–Crippen MR) is 56.8 cm³/mol. The number of nitrogens with two attached hydrogens (primary N) is 1. The first-order valence-corrected chi connectivity index (χ1v) is 6.48. The van der Waals surface area contributed by atoms with Gasteiger partial charge in [0.1, 0.15) is 10.9 Å². The molecule has 1 aromatic rings. The molecular formula is C9H10F5NO2S. The monoisotopic (exact) mass is 291 g/mol. The Morgan fingerprint density at radius 2 is 1.61 bits per heavy atom. The van der Waals surface area contributed by atoms with E-state index in [4.69, 9.17) is 5.73 Å². The number of carbonyl (C=O) groups excluding carboxylic acids is 1. The van der Waals surface area contributed by atoms with Crippen LogP contribution in [0.4, 0.5) is 19.4 Å². The molecule has 1 aromatic carbocycles. The van der Waals surface area contributed by atoms with Gasteiger partial charge in [0.05, 0.1) is 7.11 Å². The second-order valence-electron chi connectivity index (χ2n) is 3.54. The molecule has 0 saturated heterocycles. The highest BCUT2D eigenvalue weighted by Gasteiger charge is 2.65. The predicted octanol–water partition coefficient (Wildman–Crippen LogP) is 3.52. The minimum Gasteiger partial charge on any atom is -0.468 e. The number of esters is 1. The van der Waals surface area contributed by atoms with E-state index < -0.39 is 27.1 Å². The molecule has 1 rings (SSSR count). The average molecular weight is 291 g/mol. The van der Waals surface area contributed by atoms with Gasteiger partial charge in [-0.2, -0.15) is 0 Å². The van der Waals surface area contributed by atoms with E-state index in [1.54, 1.807) is 0 Å². The van der Waals surface area contributed by atoms with Crippen LogP contribution in [0.5, 0.6) is 0 Å². The summed E-state index contributed by atoms with van der Waals surface area (Å²) in [5.74, 6) is -0.880. The molecule has 1 unspecified atom stereocenters. The van der Waals surface area contributed by atoms with Crippen LogP contribution >= 0.6 is 10.2 Å². The zero-order chi connectivity index (χ0) is 14.3. The molecule has 0 spiro atoms. The molecule has 0 bridgehead atoms. The van der Waals surface area contributed by atoms with Gasteiger partial charge in [0.2, 0.25) is 0 Å². The van der Waals surface area contributed by atoms with Crippen molar-refractivity contribution in [3.63, 3.8) is 0 Å². The summed E-state index contributed by atoms with van der Waals surface area (Å²) >= 11 is 0. The molecule has 1 atom stereocenters. The minimum atomic E-state index is -9.69. The molecule has 0 heterocycles. The van der Waals surface area contributed by atoms with Gasteiger partial charge in [0.25, 0.3) is 0 Å². The highest BCUT2D eigenvalue weighted by molar-refractivity contribution is 8.45. The van der Waals surface area contributed by atoms with Crippen LogP contribution in [-0.4, -0.2) is 13.1 Å². The molecule has 0 aliphatic rings. The molecule has 0 radical (unpaired) electrons. The van der Waals surface area contributed by atoms with Crippen molar-refractivity contribution in [2.45, 2.75) is 10.9 Å². The number of benzene rings is 1. The van der Waals surface area contributed by atoms with Gasteiger partial charge in [-0.05, 0) is 17.7 Å². The van der Waals surface area contributed by atoms with Gasteiger partial charge in [-0.1, -0.05) is 31.6 Å². The van der Waals surface area contributed by atoms with E-state index in [1.165, 1.54) is 0 Å². The molecule has 0 aromatic heterocycles. The van der Waals surface area contributed by atoms with Crippen molar-refractivity contribution >= 4 is 16.2 Å². The Labute approximate surface area is 99.4 Å². The molecule has 0 saturated carbocycles. The molecule has 0 aliphatic carbocycles. The van der Waals surface area contributed by atoms with Crippen molar-refractivity contribution in [2.75, 3.05) is 7.11 Å². The zero-order valence-corrected chi connectivity index (χ0v) is 9.90. The third-order valence-corrected chi connectivity index (χ3v) is 3.30. The summed E-state index contributed by atoms with van der Waals surface area (Å²) in [6.07, 6.45) is 0. The van der Waals surface area contributed by atoms with Crippen LogP contribution in [0.25, 0.3) is 0 Å². The van der Waals surface area contributed by atoms with Gasteiger partial charge in [-0.3, -0.25) is 4.79 Å². The van der Waals surface area contributed by atoms with Crippen LogP contribution in [0.15, 0.2) is 29.2 Å². The summed E-state index contributed by atoms with van der Waals surface area (Å²) in [7, 11) is -8.64. The number of carbonyl (C=O) groups is 1. The lowest BCUT2D eigenvalue weighted by Crippen LogP contribution is -2.22. The fourth-order valence-electron chi connectivity index (χ4n) is 1.20. The van der Waals surface area contributed by atoms with Gasteiger partial charge >= 0.3 is 16.2 Å². The van der Waals surface area contributed by atoms with Crippen LogP contribution in [0.2, 0.25) is 0 Å². The van der Waals surface area contributed by atoms with Crippen LogP contribution in [-0.2, 0) is 9.53 Å². The third-order valence-electron chi connectivity index (χ3n) is 2.14. The maximum atomic E-state index is 12.4. The normalized spacial score (nSPS) is 17.5. The van der Waals surface area contributed by atoms with E-state index >= 15 is 0 Å². The molecule has 0 aliphatic heterocycles. The Morgan fingerprint density at radius 1 is 1.17 bits per heavy atom. The second kappa shape index (κ2) is 3.58. The Kier molecular flexibility index (Phi) is 2.92. The zero-order valence-electron chi connectivity index (χ0n) is 9.08. The summed E-state index contributed by atoms with van der Waals surface area (Å²) in [6, 6.07) is 0.505. The third kappa shape index (κ3) is 3.33. The van der Waals surface area contributed by atoms with Crippen molar-refractivity contribution in [2.24, 2.45) is 5.73 Å². The molecule has 18 heavy (non-hydrogen) atoms. The number of rotatable bonds is 3. The summed E-state index contributed by atoms with van der Waals surface area (Å²) < 4.78 is 66.2. The van der Waals surface area contributed by atoms with E-state index in [1.807, 2.05) is 0 Å². The van der Waals surface area contributed by atoms with Gasteiger partial charge in [0.15, 0.2) is 0 Å². The first-order valence-electron chi connectivity index (χ1n) is 4.52. The molecule has 9 heteroatoms. The number of ether oxygens (including phenoxy) is 1. The molecule has 104 valence electrons. The summed E-state index contributed by atoms with van der Waals surface area (Å²) in [4.78, 5) is 8.98. The van der Waals surface area contributed by atoms with Crippen molar-refractivity contribution in [1.29, 1.82) is 0 Å². The van der Waals surface area contributed by atoms with Crippen molar-refractivity contribution in [3.05, 3.63) is 29.8 Å². The van der Waals surface area contributed by atoms with Crippen LogP contribution < -0.4 is 5.73 Å². The summed E-state index contributed by atoms with van der Waals surface area (Å²) in [5.41, 5.74) is 5.29. The van der Waals surface area contributed by atoms with E-state index in [0.29, 0.717) is 0 Å². The molecule has 3 nitrogen and oxygen atoms in total. The number of hydrogen-bond acceptors (Lipinski definition) is 3. The van der Waals surface area contributed by atoms with Gasteiger partial charge in [0, 0.05) is 0 Å². The second-order valence-corrected chi connectivity index (χ2v) is 5.95. The van der Waals surface area contributed by atoms with Gasteiger partial charge in [-0.15, -0.1) is 0 Å². The van der Waals surface area contributed by atoms with E-state index in [-0.39, 0.29) is 17.7 Å². The molecule has 0 amide bonds. The summed E-state index contributed by atoms with van der Waals surface area (Å²) in [5, 5.41) is 0. The fourth-order valence-corrected chi connectivity index (χ4v) is 1.85. The van der Waals surface area contributed by atoms with Gasteiger partial charge in [-0.25, -0.2) is 0 Å². The number of hydrogen-bond donors (Lipinski definition) is 1. The number of halogens is 5. The maximum absolute atomic E-state index is 12.4. The smallest absolute Gasteiger partial charge is 0.327 e. The highest BCUT2D eigenvalue weighted by atomic mass is 32.5. The Bertz CT molecular complexity index is 469. The van der Waals surface area contributed by atoms with Crippen molar-refractivity contribution < 1.29 is 29.0 Å². The van der Waals surface area contributed by atoms with E-state index in [2.05, 4.69) is 4.74 Å². The standard InChI is InChI=1S/C9H10F5NO2S/c1-17-9(16)8(15)6-2-4-7(5-3-6)18(10,11,12,13)14/h2-5,8H,15H2,1H3. The molecule has 2 N–H and O–H groups in total. The summed E-state index contributed by atoms with van der Waals surface area (Å²) in [6.45, 7) is 0. The highest BCUT2D eigenvalue weighted by Crippen LogP contribution is 3.02. The topological polar surface area (TPSA) is 52.3 Å². The van der Waals surface area contributed by atoms with Crippen LogP contribution in [0, 0.1) is 0 Å². The maximum Gasteiger partial charge on any atom is 0.327 e. The Hall–Kier alpha value is -1.35. The molecule has 0 fully saturated rings. The molecular weight excluding hydrogens is 281 g/mol. The Morgan fingerprint density at radius 3 is 1.94 bits per heavy atom. The number of methoxy groups -OCH3 is 1. The quantitative estimate of drug-likeness (QED) is 0.685. The SMILES string of the molecule is COC(=O)C(N)c1ccc(S(F)(F)(F)(F)F)cc1. The Balaban J connectivity index is 3.13. The minimum absolute atomic E-state index is 0.0487. The first kappa shape index (κ1) is 14.7. The fraction of sp³-hybridized carbons (Fsp3) is 0.222. The average Bonchev–Trinajstić information content (AvgIpc) is 2.24. The lowest BCUT2D eigenvalue weighted by molar-refractivity contribution is -0.142. The lowest BCUT2D eigenvalue weighted by Gasteiger charge is -2.40. The van der Waals surface area contributed by atoms with Crippen LogP contribution in [0.3, 0.4) is 0 Å². The largest absolute Gasteiger partial charge is 0.468 e. The lowest BCUT2D eigenvalue weighted by atomic mass is 10.1. The van der Waals surface area contributed by atoms with Crippen molar-refractivity contribution in [1.82, 2.24) is 0 Å². The van der Waals surface area contributed by atoms with E-state index in [9.17, 15) is 24.2 Å². The van der Waals surface area contributed by atoms with E-state index in [0.717, 1.165) is 19.2 Å². The first-order chi connectivity index (χ1) is 7.85. The van der Waals surface area contributed by atoms with Crippen LogP contribution in [0.1, 0.15) is 11.6 Å². The van der Waals surface area contributed by atoms with Crippen molar-refractivity contribution in [3.8, 4) is 0 Å².